The van der Waals surface area contributed by atoms with Gasteiger partial charge in [0.15, 0.2) is 0 Å². The molecular weight excluding hydrogens is 304 g/mol. The number of ether oxygens (including phenoxy) is 2. The number of hydrogen-bond acceptors (Lipinski definition) is 6. The zero-order chi connectivity index (χ0) is 16.9. The molecule has 1 fully saturated rings. The molecule has 2 heterocycles. The lowest BCUT2D eigenvalue weighted by molar-refractivity contribution is 0.228. The third-order valence-electron chi connectivity index (χ3n) is 4.33. The van der Waals surface area contributed by atoms with Crippen LogP contribution >= 0.6 is 0 Å². The second-order valence-corrected chi connectivity index (χ2v) is 6.18. The molecule has 1 atom stereocenters. The molecule has 0 spiro atoms. The number of piperidine rings is 1. The van der Waals surface area contributed by atoms with Gasteiger partial charge in [-0.05, 0) is 44.0 Å². The van der Waals surface area contributed by atoms with Gasteiger partial charge in [-0.25, -0.2) is 4.98 Å². The third kappa shape index (κ3) is 3.88. The summed E-state index contributed by atoms with van der Waals surface area (Å²) < 4.78 is 11.1. The van der Waals surface area contributed by atoms with Gasteiger partial charge >= 0.3 is 0 Å². The van der Waals surface area contributed by atoms with Crippen LogP contribution in [0.2, 0.25) is 0 Å². The molecule has 128 valence electrons. The standard InChI is InChI=1S/C18H24N4O2/c1-13-10-20-18(19)21-17(13)22-9-3-4-14(11-22)12-24-16-7-5-15(23-2)6-8-16/h5-8,10,14H,3-4,9,11-12H2,1-2H3,(H2,19,20,21). The van der Waals surface area contributed by atoms with E-state index in [1.165, 1.54) is 0 Å². The molecule has 1 unspecified atom stereocenters. The van der Waals surface area contributed by atoms with E-state index < -0.39 is 0 Å². The zero-order valence-electron chi connectivity index (χ0n) is 14.2. The number of anilines is 2. The van der Waals surface area contributed by atoms with Gasteiger partial charge in [0.25, 0.3) is 0 Å². The highest BCUT2D eigenvalue weighted by Crippen LogP contribution is 2.25. The van der Waals surface area contributed by atoms with E-state index in [1.54, 1.807) is 13.3 Å². The number of nitrogens with zero attached hydrogens (tertiary/aromatic N) is 3. The number of aromatic nitrogens is 2. The summed E-state index contributed by atoms with van der Waals surface area (Å²) in [5, 5.41) is 0. The van der Waals surface area contributed by atoms with Crippen molar-refractivity contribution in [1.82, 2.24) is 9.97 Å². The fourth-order valence-corrected chi connectivity index (χ4v) is 3.05. The average Bonchev–Trinajstić information content (AvgIpc) is 2.62. The lowest BCUT2D eigenvalue weighted by Crippen LogP contribution is -2.38. The maximum atomic E-state index is 5.94. The summed E-state index contributed by atoms with van der Waals surface area (Å²) in [6.07, 6.45) is 4.07. The van der Waals surface area contributed by atoms with Gasteiger partial charge < -0.3 is 20.1 Å². The molecule has 1 aliphatic heterocycles. The molecule has 1 aliphatic rings. The quantitative estimate of drug-likeness (QED) is 0.909. The molecule has 6 heteroatoms. The molecule has 0 radical (unpaired) electrons. The van der Waals surface area contributed by atoms with E-state index in [0.29, 0.717) is 18.5 Å². The van der Waals surface area contributed by atoms with Crippen LogP contribution in [0.15, 0.2) is 30.5 Å². The number of nitrogen functional groups attached to an aromatic ring is 1. The smallest absolute Gasteiger partial charge is 0.221 e. The van der Waals surface area contributed by atoms with Crippen LogP contribution in [0, 0.1) is 12.8 Å². The molecule has 0 aliphatic carbocycles. The molecule has 2 N–H and O–H groups in total. The topological polar surface area (TPSA) is 73.5 Å². The number of hydrogen-bond donors (Lipinski definition) is 1. The maximum Gasteiger partial charge on any atom is 0.221 e. The van der Waals surface area contributed by atoms with Crippen LogP contribution in [-0.4, -0.2) is 36.8 Å². The fraction of sp³-hybridized carbons (Fsp3) is 0.444. The summed E-state index contributed by atoms with van der Waals surface area (Å²) in [5.74, 6) is 3.44. The molecule has 0 saturated carbocycles. The van der Waals surface area contributed by atoms with Gasteiger partial charge in [0.05, 0.1) is 13.7 Å². The van der Waals surface area contributed by atoms with Crippen molar-refractivity contribution in [2.75, 3.05) is 37.4 Å². The normalized spacial score (nSPS) is 17.6. The van der Waals surface area contributed by atoms with Crippen molar-refractivity contribution in [2.24, 2.45) is 5.92 Å². The molecule has 0 amide bonds. The van der Waals surface area contributed by atoms with Gasteiger partial charge in [-0.15, -0.1) is 0 Å². The number of aryl methyl sites for hydroxylation is 1. The minimum atomic E-state index is 0.326. The minimum Gasteiger partial charge on any atom is -0.497 e. The van der Waals surface area contributed by atoms with Crippen molar-refractivity contribution in [2.45, 2.75) is 19.8 Å². The first-order valence-electron chi connectivity index (χ1n) is 8.26. The Morgan fingerprint density at radius 3 is 2.75 bits per heavy atom. The molecule has 6 nitrogen and oxygen atoms in total. The highest BCUT2D eigenvalue weighted by atomic mass is 16.5. The van der Waals surface area contributed by atoms with Gasteiger partial charge in [0, 0.05) is 30.8 Å². The Hall–Kier alpha value is -2.50. The van der Waals surface area contributed by atoms with E-state index in [2.05, 4.69) is 14.9 Å². The van der Waals surface area contributed by atoms with Gasteiger partial charge in [-0.2, -0.15) is 4.98 Å². The van der Waals surface area contributed by atoms with E-state index >= 15 is 0 Å². The second kappa shape index (κ2) is 7.38. The van der Waals surface area contributed by atoms with E-state index in [4.69, 9.17) is 15.2 Å². The molecule has 1 aromatic carbocycles. The van der Waals surface area contributed by atoms with Crippen LogP contribution in [0.25, 0.3) is 0 Å². The molecular formula is C18H24N4O2. The summed E-state index contributed by atoms with van der Waals surface area (Å²) in [6, 6.07) is 7.70. The number of rotatable bonds is 5. The molecule has 24 heavy (non-hydrogen) atoms. The Morgan fingerprint density at radius 2 is 2.00 bits per heavy atom. The largest absolute Gasteiger partial charge is 0.497 e. The highest BCUT2D eigenvalue weighted by Gasteiger charge is 2.23. The fourth-order valence-electron chi connectivity index (χ4n) is 3.05. The van der Waals surface area contributed by atoms with E-state index in [0.717, 1.165) is 48.8 Å². The van der Waals surface area contributed by atoms with Crippen LogP contribution in [0.1, 0.15) is 18.4 Å². The number of methoxy groups -OCH3 is 1. The summed E-state index contributed by atoms with van der Waals surface area (Å²) in [6.45, 7) is 4.64. The monoisotopic (exact) mass is 328 g/mol. The Balaban J connectivity index is 1.60. The zero-order valence-corrected chi connectivity index (χ0v) is 14.2. The van der Waals surface area contributed by atoms with Crippen LogP contribution < -0.4 is 20.1 Å². The predicted octanol–water partition coefficient (Wildman–Crippen LogP) is 2.67. The van der Waals surface area contributed by atoms with Crippen molar-refractivity contribution in [3.63, 3.8) is 0 Å². The summed E-state index contributed by atoms with van der Waals surface area (Å²) in [4.78, 5) is 10.7. The van der Waals surface area contributed by atoms with Crippen LogP contribution in [0.5, 0.6) is 11.5 Å². The molecule has 2 aromatic rings. The summed E-state index contributed by atoms with van der Waals surface area (Å²) >= 11 is 0. The Bertz CT molecular complexity index is 675. The van der Waals surface area contributed by atoms with Crippen molar-refractivity contribution in [3.05, 3.63) is 36.0 Å². The third-order valence-corrected chi connectivity index (χ3v) is 4.33. The second-order valence-electron chi connectivity index (χ2n) is 6.18. The van der Waals surface area contributed by atoms with Crippen LogP contribution in [0.3, 0.4) is 0 Å². The van der Waals surface area contributed by atoms with Gasteiger partial charge in [-0.1, -0.05) is 0 Å². The van der Waals surface area contributed by atoms with E-state index in [9.17, 15) is 0 Å². The van der Waals surface area contributed by atoms with Gasteiger partial charge in [0.1, 0.15) is 17.3 Å². The van der Waals surface area contributed by atoms with Crippen molar-refractivity contribution < 1.29 is 9.47 Å². The molecule has 1 saturated heterocycles. The van der Waals surface area contributed by atoms with Crippen molar-refractivity contribution in [3.8, 4) is 11.5 Å². The summed E-state index contributed by atoms with van der Waals surface area (Å²) in [5.41, 5.74) is 6.80. The molecule has 1 aromatic heterocycles. The van der Waals surface area contributed by atoms with E-state index in [-0.39, 0.29) is 0 Å². The highest BCUT2D eigenvalue weighted by molar-refractivity contribution is 5.48. The molecule has 0 bridgehead atoms. The van der Waals surface area contributed by atoms with Crippen LogP contribution in [0.4, 0.5) is 11.8 Å². The predicted molar refractivity (Wildman–Crippen MR) is 94.6 cm³/mol. The van der Waals surface area contributed by atoms with Gasteiger partial charge in [-0.3, -0.25) is 0 Å². The SMILES string of the molecule is COc1ccc(OCC2CCCN(c3nc(N)ncc3C)C2)cc1. The van der Waals surface area contributed by atoms with Crippen molar-refractivity contribution in [1.29, 1.82) is 0 Å². The van der Waals surface area contributed by atoms with Gasteiger partial charge in [0.2, 0.25) is 5.95 Å². The van der Waals surface area contributed by atoms with E-state index in [1.807, 2.05) is 31.2 Å². The van der Waals surface area contributed by atoms with Crippen molar-refractivity contribution >= 4 is 11.8 Å². The average molecular weight is 328 g/mol. The Labute approximate surface area is 142 Å². The Kier molecular flexibility index (Phi) is 5.03. The number of nitrogens with two attached hydrogens (primary N) is 1. The lowest BCUT2D eigenvalue weighted by Gasteiger charge is -2.34. The minimum absolute atomic E-state index is 0.326. The Morgan fingerprint density at radius 1 is 1.25 bits per heavy atom. The summed E-state index contributed by atoms with van der Waals surface area (Å²) in [7, 11) is 1.66. The first kappa shape index (κ1) is 16.4. The molecule has 3 rings (SSSR count). The van der Waals surface area contributed by atoms with Crippen LogP contribution in [-0.2, 0) is 0 Å². The maximum absolute atomic E-state index is 5.94. The number of benzene rings is 1. The lowest BCUT2D eigenvalue weighted by atomic mass is 9.98. The first-order chi connectivity index (χ1) is 11.7. The first-order valence-corrected chi connectivity index (χ1v) is 8.26.